The zero-order valence-corrected chi connectivity index (χ0v) is 15.6. The topological polar surface area (TPSA) is 60.9 Å². The number of benzene rings is 2. The molecule has 140 valence electrons. The molecule has 1 aliphatic rings. The van der Waals surface area contributed by atoms with Gasteiger partial charge in [0.15, 0.2) is 0 Å². The fraction of sp³-hybridized carbons (Fsp3) is 0.273. The lowest BCUT2D eigenvalue weighted by atomic mass is 9.95. The van der Waals surface area contributed by atoms with E-state index in [1.165, 1.54) is 0 Å². The van der Waals surface area contributed by atoms with Crippen LogP contribution in [0.5, 0.6) is 0 Å². The van der Waals surface area contributed by atoms with Gasteiger partial charge in [-0.1, -0.05) is 60.7 Å². The average Bonchev–Trinajstić information content (AvgIpc) is 2.93. The van der Waals surface area contributed by atoms with Crippen molar-refractivity contribution in [2.45, 2.75) is 12.5 Å². The lowest BCUT2D eigenvalue weighted by Gasteiger charge is -2.26. The molecule has 0 saturated carbocycles. The first-order chi connectivity index (χ1) is 13.0. The number of amides is 1. The van der Waals surface area contributed by atoms with Gasteiger partial charge in [-0.2, -0.15) is 0 Å². The highest BCUT2D eigenvalue weighted by Crippen LogP contribution is 2.39. The second kappa shape index (κ2) is 8.18. The molecule has 27 heavy (non-hydrogen) atoms. The highest BCUT2D eigenvalue weighted by atomic mass is 16.3. The van der Waals surface area contributed by atoms with E-state index in [1.807, 2.05) is 55.4 Å². The van der Waals surface area contributed by atoms with Crippen molar-refractivity contribution in [1.29, 1.82) is 0 Å². The first kappa shape index (κ1) is 18.9. The van der Waals surface area contributed by atoms with Crippen LogP contribution in [-0.2, 0) is 9.59 Å². The van der Waals surface area contributed by atoms with E-state index in [-0.39, 0.29) is 11.3 Å². The number of aliphatic hydroxyl groups excluding tert-OH is 1. The van der Waals surface area contributed by atoms with Gasteiger partial charge in [-0.3, -0.25) is 9.59 Å². The molecule has 0 spiro atoms. The standard InChI is InChI=1S/C22H24N2O3/c1-23(2)14-9-15-24-19(16-10-5-3-6-11-16)18(21(26)22(24)27)20(25)17-12-7-4-8-13-17/h3-8,10-13,19,25H,9,14-15H2,1-2H3. The minimum absolute atomic E-state index is 0.127. The van der Waals surface area contributed by atoms with E-state index in [1.54, 1.807) is 29.2 Å². The largest absolute Gasteiger partial charge is 0.507 e. The fourth-order valence-electron chi connectivity index (χ4n) is 3.40. The van der Waals surface area contributed by atoms with E-state index >= 15 is 0 Å². The van der Waals surface area contributed by atoms with Gasteiger partial charge in [0.2, 0.25) is 0 Å². The van der Waals surface area contributed by atoms with Gasteiger partial charge in [0.25, 0.3) is 11.7 Å². The predicted molar refractivity (Wildman–Crippen MR) is 105 cm³/mol. The van der Waals surface area contributed by atoms with Crippen molar-refractivity contribution >= 4 is 17.4 Å². The second-order valence-corrected chi connectivity index (χ2v) is 6.93. The number of carbonyl (C=O) groups is 2. The molecule has 3 rings (SSSR count). The number of Topliss-reactive ketones (excluding diaryl/α,β-unsaturated/α-hetero) is 1. The van der Waals surface area contributed by atoms with Crippen molar-refractivity contribution in [2.75, 3.05) is 27.2 Å². The van der Waals surface area contributed by atoms with Crippen molar-refractivity contribution in [3.63, 3.8) is 0 Å². The summed E-state index contributed by atoms with van der Waals surface area (Å²) in [6.07, 6.45) is 0.745. The van der Waals surface area contributed by atoms with Gasteiger partial charge in [-0.15, -0.1) is 0 Å². The van der Waals surface area contributed by atoms with Gasteiger partial charge >= 0.3 is 0 Å². The highest BCUT2D eigenvalue weighted by molar-refractivity contribution is 6.46. The molecule has 1 saturated heterocycles. The van der Waals surface area contributed by atoms with Gasteiger partial charge < -0.3 is 14.9 Å². The number of nitrogens with zero attached hydrogens (tertiary/aromatic N) is 2. The Labute approximate surface area is 159 Å². The van der Waals surface area contributed by atoms with Crippen LogP contribution in [0, 0.1) is 0 Å². The Morgan fingerprint density at radius 3 is 2.19 bits per heavy atom. The number of rotatable bonds is 6. The highest BCUT2D eigenvalue weighted by Gasteiger charge is 2.45. The second-order valence-electron chi connectivity index (χ2n) is 6.93. The van der Waals surface area contributed by atoms with E-state index < -0.39 is 17.7 Å². The number of carbonyl (C=O) groups excluding carboxylic acids is 2. The summed E-state index contributed by atoms with van der Waals surface area (Å²) in [7, 11) is 3.94. The zero-order valence-electron chi connectivity index (χ0n) is 15.6. The third-order valence-electron chi connectivity index (χ3n) is 4.71. The predicted octanol–water partition coefficient (Wildman–Crippen LogP) is 3.06. The molecule has 1 amide bonds. The molecule has 1 fully saturated rings. The van der Waals surface area contributed by atoms with Crippen LogP contribution < -0.4 is 0 Å². The third-order valence-corrected chi connectivity index (χ3v) is 4.71. The van der Waals surface area contributed by atoms with E-state index in [4.69, 9.17) is 0 Å². The Hall–Kier alpha value is -2.92. The summed E-state index contributed by atoms with van der Waals surface area (Å²) in [6, 6.07) is 17.7. The molecule has 1 aliphatic heterocycles. The molecular formula is C22H24N2O3. The number of likely N-dealkylation sites (tertiary alicyclic amines) is 1. The molecule has 5 nitrogen and oxygen atoms in total. The lowest BCUT2D eigenvalue weighted by molar-refractivity contribution is -0.139. The Kier molecular flexibility index (Phi) is 5.72. The molecule has 0 aromatic heterocycles. The Bertz CT molecular complexity index is 844. The molecule has 0 aliphatic carbocycles. The zero-order chi connectivity index (χ0) is 19.4. The van der Waals surface area contributed by atoms with Gasteiger partial charge in [-0.05, 0) is 32.6 Å². The van der Waals surface area contributed by atoms with Gasteiger partial charge in [0, 0.05) is 12.1 Å². The Balaban J connectivity index is 2.05. The summed E-state index contributed by atoms with van der Waals surface area (Å²) in [5, 5.41) is 10.8. The summed E-state index contributed by atoms with van der Waals surface area (Å²) in [5.74, 6) is -1.31. The van der Waals surface area contributed by atoms with Gasteiger partial charge in [0.1, 0.15) is 5.76 Å². The maximum Gasteiger partial charge on any atom is 0.295 e. The van der Waals surface area contributed by atoms with Crippen LogP contribution >= 0.6 is 0 Å². The Morgan fingerprint density at radius 2 is 1.59 bits per heavy atom. The van der Waals surface area contributed by atoms with Crippen LogP contribution in [0.4, 0.5) is 0 Å². The van der Waals surface area contributed by atoms with Crippen LogP contribution in [0.2, 0.25) is 0 Å². The van der Waals surface area contributed by atoms with Crippen molar-refractivity contribution in [3.05, 3.63) is 77.4 Å². The fourth-order valence-corrected chi connectivity index (χ4v) is 3.40. The summed E-state index contributed by atoms with van der Waals surface area (Å²) >= 11 is 0. The van der Waals surface area contributed by atoms with E-state index in [9.17, 15) is 14.7 Å². The quantitative estimate of drug-likeness (QED) is 0.486. The molecule has 1 atom stereocenters. The first-order valence-electron chi connectivity index (χ1n) is 9.04. The molecule has 0 bridgehead atoms. The van der Waals surface area contributed by atoms with Crippen LogP contribution in [0.3, 0.4) is 0 Å². The van der Waals surface area contributed by atoms with E-state index in [2.05, 4.69) is 0 Å². The summed E-state index contributed by atoms with van der Waals surface area (Å²) in [6.45, 7) is 1.26. The van der Waals surface area contributed by atoms with Gasteiger partial charge in [0.05, 0.1) is 11.6 Å². The van der Waals surface area contributed by atoms with Crippen molar-refractivity contribution in [3.8, 4) is 0 Å². The summed E-state index contributed by atoms with van der Waals surface area (Å²) < 4.78 is 0. The van der Waals surface area contributed by atoms with Crippen molar-refractivity contribution < 1.29 is 14.7 Å². The van der Waals surface area contributed by atoms with Crippen LogP contribution in [0.1, 0.15) is 23.6 Å². The maximum absolute atomic E-state index is 12.8. The number of ketones is 1. The molecule has 0 radical (unpaired) electrons. The minimum atomic E-state index is -0.630. The van der Waals surface area contributed by atoms with Crippen molar-refractivity contribution in [2.24, 2.45) is 0 Å². The molecule has 1 heterocycles. The van der Waals surface area contributed by atoms with Gasteiger partial charge in [-0.25, -0.2) is 0 Å². The molecule has 5 heteroatoms. The van der Waals surface area contributed by atoms with Crippen LogP contribution in [-0.4, -0.2) is 53.8 Å². The number of aliphatic hydroxyl groups is 1. The molecule has 1 N–H and O–H groups in total. The molecule has 2 aromatic rings. The van der Waals surface area contributed by atoms with E-state index in [0.717, 1.165) is 18.5 Å². The smallest absolute Gasteiger partial charge is 0.295 e. The van der Waals surface area contributed by atoms with Crippen LogP contribution in [0.25, 0.3) is 5.76 Å². The normalized spacial score (nSPS) is 19.1. The third kappa shape index (κ3) is 3.93. The lowest BCUT2D eigenvalue weighted by Crippen LogP contribution is -2.32. The number of hydrogen-bond acceptors (Lipinski definition) is 4. The number of hydrogen-bond donors (Lipinski definition) is 1. The average molecular weight is 364 g/mol. The molecular weight excluding hydrogens is 340 g/mol. The summed E-state index contributed by atoms with van der Waals surface area (Å²) in [5.41, 5.74) is 1.51. The molecule has 2 aromatic carbocycles. The Morgan fingerprint density at radius 1 is 1.00 bits per heavy atom. The summed E-state index contributed by atoms with van der Waals surface area (Å²) in [4.78, 5) is 29.1. The maximum atomic E-state index is 12.8. The molecule has 1 unspecified atom stereocenters. The first-order valence-corrected chi connectivity index (χ1v) is 9.04. The monoisotopic (exact) mass is 364 g/mol. The van der Waals surface area contributed by atoms with Crippen molar-refractivity contribution in [1.82, 2.24) is 9.80 Å². The van der Waals surface area contributed by atoms with E-state index in [0.29, 0.717) is 12.1 Å². The SMILES string of the molecule is CN(C)CCCN1C(=O)C(=O)C(=C(O)c2ccccc2)C1c1ccccc1. The minimum Gasteiger partial charge on any atom is -0.507 e. The van der Waals surface area contributed by atoms with Crippen LogP contribution in [0.15, 0.2) is 66.2 Å².